The molecule has 0 aliphatic carbocycles. The average molecular weight is 845 g/mol. The van der Waals surface area contributed by atoms with E-state index in [2.05, 4.69) is 0 Å². The highest BCUT2D eigenvalue weighted by atomic mass is 33.2. The fourth-order valence-corrected chi connectivity index (χ4v) is 21.6. The van der Waals surface area contributed by atoms with Crippen LogP contribution in [0.1, 0.15) is 0 Å². The van der Waals surface area contributed by atoms with E-state index < -0.39 is 162 Å². The van der Waals surface area contributed by atoms with Gasteiger partial charge in [-0.05, 0) is 0 Å². The average Bonchev–Trinajstić information content (AvgIpc) is 2.70. The van der Waals surface area contributed by atoms with Gasteiger partial charge in [0, 0.05) is 87.8 Å². The maximum Gasteiger partial charge on any atom is 0.513 e. The van der Waals surface area contributed by atoms with Crippen LogP contribution in [0.2, 0.25) is 0 Å². The molecule has 36 heteroatoms. The second-order valence-corrected chi connectivity index (χ2v) is 22.8. The van der Waals surface area contributed by atoms with Gasteiger partial charge in [0.2, 0.25) is 0 Å². The number of nitrogens with zero attached hydrogens (tertiary/aromatic N) is 4. The molecule has 0 aromatic heterocycles. The first-order valence-electron chi connectivity index (χ1n) is 7.28. The molecule has 0 spiro atoms. The van der Waals surface area contributed by atoms with Gasteiger partial charge < -0.3 is 0 Å². The molecule has 40 heavy (non-hydrogen) atoms. The van der Waals surface area contributed by atoms with E-state index >= 15 is 0 Å². The first-order chi connectivity index (χ1) is 17.4. The van der Waals surface area contributed by atoms with Gasteiger partial charge in [0.05, 0.1) is 0 Å². The van der Waals surface area contributed by atoms with Crippen molar-refractivity contribution >= 4 is 128 Å². The summed E-state index contributed by atoms with van der Waals surface area (Å²) in [6, 6.07) is 0. The predicted molar refractivity (Wildman–Crippen MR) is 128 cm³/mol. The van der Waals surface area contributed by atoms with Gasteiger partial charge in [-0.2, -0.15) is 52.7 Å². The minimum Gasteiger partial charge on any atom is -0.201 e. The van der Waals surface area contributed by atoms with E-state index in [1.54, 1.807) is 0 Å². The van der Waals surface area contributed by atoms with Crippen LogP contribution in [-0.4, -0.2) is 68.2 Å². The maximum atomic E-state index is 13.0. The second kappa shape index (κ2) is 13.1. The third-order valence-corrected chi connectivity index (χ3v) is 24.9. The lowest BCUT2D eigenvalue weighted by molar-refractivity contribution is -0.0460. The summed E-state index contributed by atoms with van der Waals surface area (Å²) in [5.41, 5.74) is -25.5. The molecule has 0 atom stereocenters. The first-order valence-corrected chi connectivity index (χ1v) is 21.3. The van der Waals surface area contributed by atoms with Crippen LogP contribution in [0, 0.1) is 0 Å². The summed E-state index contributed by atoms with van der Waals surface area (Å²) in [6.45, 7) is 0. The molecule has 12 nitrogen and oxygen atoms in total. The van der Waals surface area contributed by atoms with Crippen LogP contribution >= 0.6 is 87.8 Å². The van der Waals surface area contributed by atoms with Crippen LogP contribution in [0.3, 0.4) is 0 Å². The highest BCUT2D eigenvalue weighted by Crippen LogP contribution is 2.58. The van der Waals surface area contributed by atoms with Crippen LogP contribution in [0.25, 0.3) is 0 Å². The SMILES string of the molecule is O=S(=O)(N1SSN(S(=O)(=O)C(F)(F)F)SSN(S(=O)(=O)C(F)(F)F)SSN(S(=O)(=O)C(F)(F)F)SS1)C(F)(F)F. The molecule has 1 saturated heterocycles. The van der Waals surface area contributed by atoms with Crippen LogP contribution in [0.5, 0.6) is 0 Å². The Bertz CT molecular complexity index is 1110. The Morgan fingerprint density at radius 1 is 0.300 bits per heavy atom. The number of hydrogen-bond donors (Lipinski definition) is 0. The number of rotatable bonds is 4. The van der Waals surface area contributed by atoms with Gasteiger partial charge in [-0.25, -0.2) is 33.7 Å². The molecule has 0 saturated carbocycles. The number of sulfonamides is 4. The number of hydrogen-bond acceptors (Lipinski definition) is 16. The quantitative estimate of drug-likeness (QED) is 0.200. The van der Waals surface area contributed by atoms with Crippen molar-refractivity contribution in [3.05, 3.63) is 0 Å². The Morgan fingerprint density at radius 3 is 0.475 bits per heavy atom. The van der Waals surface area contributed by atoms with Crippen LogP contribution < -0.4 is 0 Å². The number of alkyl halides is 12. The summed E-state index contributed by atoms with van der Waals surface area (Å²) in [5.74, 6) is 0. The fourth-order valence-electron chi connectivity index (χ4n) is 0.926. The van der Waals surface area contributed by atoms with Gasteiger partial charge in [-0.1, -0.05) is 12.5 Å². The number of halogens is 12. The van der Waals surface area contributed by atoms with Gasteiger partial charge in [0.1, 0.15) is 0 Å². The van der Waals surface area contributed by atoms with Crippen molar-refractivity contribution in [2.75, 3.05) is 0 Å². The standard InChI is InChI=1S/C4F12N4O8S12/c5-1(6,7)37(21,22)17-29-31-18(38(23,24)2(8,9)10)33-35-20(40(27,28)4(14,15)16)36-34-19(32-30-17)39(25,26)3(11,12)13. The smallest absolute Gasteiger partial charge is 0.201 e. The third-order valence-electron chi connectivity index (χ3n) is 2.58. The predicted octanol–water partition coefficient (Wildman–Crippen LogP) is 5.45. The topological polar surface area (TPSA) is 150 Å². The van der Waals surface area contributed by atoms with E-state index in [1.165, 1.54) is 0 Å². The van der Waals surface area contributed by atoms with E-state index in [0.29, 0.717) is 0 Å². The molecule has 0 aromatic carbocycles. The summed E-state index contributed by atoms with van der Waals surface area (Å²) in [7, 11) is -36.6. The van der Waals surface area contributed by atoms with Crippen LogP contribution in [0.4, 0.5) is 52.7 Å². The highest BCUT2D eigenvalue weighted by molar-refractivity contribution is 8.92. The molecule has 240 valence electrons. The van der Waals surface area contributed by atoms with Crippen molar-refractivity contribution in [1.82, 2.24) is 12.5 Å². The molecule has 1 fully saturated rings. The molecule has 0 amide bonds. The summed E-state index contributed by atoms with van der Waals surface area (Å²) >= 11 is 0. The molecule has 1 aliphatic rings. The van der Waals surface area contributed by atoms with Crippen LogP contribution in [-0.2, 0) is 40.1 Å². The molecule has 0 N–H and O–H groups in total. The minimum absolute atomic E-state index is 1.16. The van der Waals surface area contributed by atoms with Gasteiger partial charge in [0.25, 0.3) is 0 Å². The summed E-state index contributed by atoms with van der Waals surface area (Å²) in [4.78, 5) is 0. The summed E-state index contributed by atoms with van der Waals surface area (Å²) in [6.07, 6.45) is 0. The molecule has 1 rings (SSSR count). The van der Waals surface area contributed by atoms with Crippen molar-refractivity contribution in [2.24, 2.45) is 0 Å². The Kier molecular flexibility index (Phi) is 13.0. The summed E-state index contributed by atoms with van der Waals surface area (Å²) in [5, 5.41) is 0. The fraction of sp³-hybridized carbons (Fsp3) is 1.00. The Balaban J connectivity index is 3.79. The molecule has 0 radical (unpaired) electrons. The highest BCUT2D eigenvalue weighted by Gasteiger charge is 2.58. The molecule has 0 unspecified atom stereocenters. The van der Waals surface area contributed by atoms with Crippen molar-refractivity contribution in [3.63, 3.8) is 0 Å². The zero-order valence-corrected chi connectivity index (χ0v) is 26.3. The lowest BCUT2D eigenvalue weighted by atomic mass is 11.6. The van der Waals surface area contributed by atoms with Gasteiger partial charge in [0.15, 0.2) is 0 Å². The van der Waals surface area contributed by atoms with E-state index in [1.807, 2.05) is 0 Å². The van der Waals surface area contributed by atoms with Crippen LogP contribution in [0.15, 0.2) is 0 Å². The third kappa shape index (κ3) is 8.86. The lowest BCUT2D eigenvalue weighted by Gasteiger charge is -2.28. The Morgan fingerprint density at radius 2 is 0.400 bits per heavy atom. The van der Waals surface area contributed by atoms with Crippen molar-refractivity contribution in [3.8, 4) is 0 Å². The molecular weight excluding hydrogens is 845 g/mol. The van der Waals surface area contributed by atoms with E-state index in [4.69, 9.17) is 0 Å². The van der Waals surface area contributed by atoms with Gasteiger partial charge >= 0.3 is 62.1 Å². The van der Waals surface area contributed by atoms with E-state index in [0.717, 1.165) is 0 Å². The van der Waals surface area contributed by atoms with Crippen molar-refractivity contribution < 1.29 is 86.4 Å². The largest absolute Gasteiger partial charge is 0.513 e. The normalized spacial score (nSPS) is 21.1. The van der Waals surface area contributed by atoms with Gasteiger partial charge in [-0.3, -0.25) is 0 Å². The monoisotopic (exact) mass is 844 g/mol. The van der Waals surface area contributed by atoms with E-state index in [9.17, 15) is 86.4 Å². The molecular formula is C4F12N4O8S12. The molecule has 1 heterocycles. The zero-order valence-electron chi connectivity index (χ0n) is 16.5. The lowest BCUT2D eigenvalue weighted by Crippen LogP contribution is -2.36. The van der Waals surface area contributed by atoms with E-state index in [-0.39, 0.29) is 0 Å². The summed E-state index contributed by atoms with van der Waals surface area (Å²) < 4.78 is 245. The zero-order chi connectivity index (χ0) is 32.0. The maximum absolute atomic E-state index is 13.0. The minimum atomic E-state index is -6.83. The van der Waals surface area contributed by atoms with Crippen molar-refractivity contribution in [1.29, 1.82) is 0 Å². The Hall–Kier alpha value is 1.60. The second-order valence-electron chi connectivity index (χ2n) is 5.17. The molecule has 0 aromatic rings. The Labute approximate surface area is 247 Å². The van der Waals surface area contributed by atoms with Crippen molar-refractivity contribution in [2.45, 2.75) is 22.0 Å². The first kappa shape index (κ1) is 39.6. The molecule has 0 bridgehead atoms. The van der Waals surface area contributed by atoms with Gasteiger partial charge in [-0.15, -0.1) is 0 Å². The molecule has 1 aliphatic heterocycles.